The number of amides is 2. The second-order valence-corrected chi connectivity index (χ2v) is 5.73. The van der Waals surface area contributed by atoms with Crippen LogP contribution in [0.1, 0.15) is 6.92 Å². The molecule has 2 rings (SSSR count). The Hall–Kier alpha value is -2.88. The number of aliphatic hydroxyl groups is 1. The maximum Gasteiger partial charge on any atom is 0.414 e. The van der Waals surface area contributed by atoms with Gasteiger partial charge in [0.25, 0.3) is 0 Å². The van der Waals surface area contributed by atoms with Crippen molar-refractivity contribution in [1.82, 2.24) is 5.32 Å². The molecule has 2 amide bonds. The van der Waals surface area contributed by atoms with E-state index >= 15 is 0 Å². The minimum atomic E-state index is -1.16. The highest BCUT2D eigenvalue weighted by molar-refractivity contribution is 5.90. The van der Waals surface area contributed by atoms with Crippen LogP contribution in [0.2, 0.25) is 0 Å². The number of carbonyl (C=O) groups is 3. The zero-order valence-corrected chi connectivity index (χ0v) is 14.1. The first-order valence-corrected chi connectivity index (χ1v) is 7.91. The van der Waals surface area contributed by atoms with Gasteiger partial charge in [0.1, 0.15) is 18.5 Å². The summed E-state index contributed by atoms with van der Waals surface area (Å²) >= 11 is 0. The topological polar surface area (TPSA) is 119 Å². The second kappa shape index (κ2) is 8.48. The number of carboxylic acid groups (broad SMARTS) is 1. The molecule has 0 spiro atoms. The van der Waals surface area contributed by atoms with E-state index in [1.807, 2.05) is 0 Å². The number of anilines is 2. The summed E-state index contributed by atoms with van der Waals surface area (Å²) in [5.41, 5.74) is 0.258. The SMILES string of the molecule is CC(=O)NC[C@H]1CN(c2ccc(N(CCO)CC(=O)O)c(F)c2)C(=O)O1. The number of ether oxygens (including phenoxy) is 1. The first-order chi connectivity index (χ1) is 12.3. The van der Waals surface area contributed by atoms with E-state index in [9.17, 15) is 18.8 Å². The Morgan fingerprint density at radius 3 is 2.77 bits per heavy atom. The van der Waals surface area contributed by atoms with Crippen molar-refractivity contribution in [3.63, 3.8) is 0 Å². The Morgan fingerprint density at radius 1 is 1.46 bits per heavy atom. The van der Waals surface area contributed by atoms with E-state index in [0.29, 0.717) is 0 Å². The van der Waals surface area contributed by atoms with Gasteiger partial charge >= 0.3 is 12.1 Å². The maximum absolute atomic E-state index is 14.5. The third kappa shape index (κ3) is 4.82. The van der Waals surface area contributed by atoms with E-state index in [1.165, 1.54) is 28.9 Å². The first-order valence-electron chi connectivity index (χ1n) is 7.91. The molecule has 10 heteroatoms. The Bertz CT molecular complexity index is 699. The molecule has 0 saturated carbocycles. The third-order valence-electron chi connectivity index (χ3n) is 3.73. The summed E-state index contributed by atoms with van der Waals surface area (Å²) in [5, 5.41) is 20.5. The molecule has 0 unspecified atom stereocenters. The van der Waals surface area contributed by atoms with Crippen LogP contribution in [-0.2, 0) is 14.3 Å². The molecule has 1 aromatic carbocycles. The van der Waals surface area contributed by atoms with Gasteiger partial charge in [0.2, 0.25) is 5.91 Å². The number of benzene rings is 1. The summed E-state index contributed by atoms with van der Waals surface area (Å²) in [7, 11) is 0. The molecule has 142 valence electrons. The van der Waals surface area contributed by atoms with Crippen LogP contribution in [0.25, 0.3) is 0 Å². The monoisotopic (exact) mass is 369 g/mol. The number of hydrogen-bond donors (Lipinski definition) is 3. The quantitative estimate of drug-likeness (QED) is 0.597. The van der Waals surface area contributed by atoms with Gasteiger partial charge in [-0.25, -0.2) is 9.18 Å². The van der Waals surface area contributed by atoms with Gasteiger partial charge in [-0.2, -0.15) is 0 Å². The number of hydrogen-bond acceptors (Lipinski definition) is 6. The third-order valence-corrected chi connectivity index (χ3v) is 3.73. The van der Waals surface area contributed by atoms with E-state index in [0.717, 1.165) is 6.07 Å². The largest absolute Gasteiger partial charge is 0.480 e. The molecule has 0 bridgehead atoms. The van der Waals surface area contributed by atoms with Crippen molar-refractivity contribution < 1.29 is 33.7 Å². The fraction of sp³-hybridized carbons (Fsp3) is 0.438. The number of aliphatic hydroxyl groups excluding tert-OH is 1. The summed E-state index contributed by atoms with van der Waals surface area (Å²) in [6.07, 6.45) is -1.21. The number of nitrogens with zero attached hydrogens (tertiary/aromatic N) is 2. The number of cyclic esters (lactones) is 1. The Balaban J connectivity index is 2.14. The summed E-state index contributed by atoms with van der Waals surface area (Å²) in [5.74, 6) is -2.14. The average Bonchev–Trinajstić information content (AvgIpc) is 2.93. The lowest BCUT2D eigenvalue weighted by Crippen LogP contribution is -2.34. The van der Waals surface area contributed by atoms with Crippen molar-refractivity contribution >= 4 is 29.3 Å². The van der Waals surface area contributed by atoms with Crippen LogP contribution in [0, 0.1) is 5.82 Å². The van der Waals surface area contributed by atoms with Gasteiger partial charge < -0.3 is 25.2 Å². The Labute approximate surface area is 148 Å². The van der Waals surface area contributed by atoms with Gasteiger partial charge in [0, 0.05) is 13.5 Å². The first kappa shape index (κ1) is 19.4. The van der Waals surface area contributed by atoms with Gasteiger partial charge in [-0.15, -0.1) is 0 Å². The van der Waals surface area contributed by atoms with E-state index in [1.54, 1.807) is 0 Å². The van der Waals surface area contributed by atoms with Crippen molar-refractivity contribution in [2.75, 3.05) is 42.6 Å². The Kier molecular flexibility index (Phi) is 6.34. The molecule has 3 N–H and O–H groups in total. The molecule has 1 aliphatic heterocycles. The van der Waals surface area contributed by atoms with Gasteiger partial charge in [-0.1, -0.05) is 0 Å². The van der Waals surface area contributed by atoms with Crippen LogP contribution in [-0.4, -0.2) is 67.1 Å². The fourth-order valence-electron chi connectivity index (χ4n) is 2.59. The minimum Gasteiger partial charge on any atom is -0.480 e. The summed E-state index contributed by atoms with van der Waals surface area (Å²) in [4.78, 5) is 36.2. The second-order valence-electron chi connectivity index (χ2n) is 5.73. The summed E-state index contributed by atoms with van der Waals surface area (Å²) in [6.45, 7) is 0.790. The van der Waals surface area contributed by atoms with E-state index in [2.05, 4.69) is 5.32 Å². The van der Waals surface area contributed by atoms with Crippen LogP contribution < -0.4 is 15.1 Å². The lowest BCUT2D eigenvalue weighted by atomic mass is 10.2. The van der Waals surface area contributed by atoms with Crippen molar-refractivity contribution in [2.24, 2.45) is 0 Å². The van der Waals surface area contributed by atoms with Crippen LogP contribution in [0.15, 0.2) is 18.2 Å². The van der Waals surface area contributed by atoms with Crippen LogP contribution in [0.3, 0.4) is 0 Å². The zero-order chi connectivity index (χ0) is 19.3. The van der Waals surface area contributed by atoms with Crippen LogP contribution in [0.4, 0.5) is 20.6 Å². The minimum absolute atomic E-state index is 0.00700. The molecule has 9 nitrogen and oxygen atoms in total. The highest BCUT2D eigenvalue weighted by Crippen LogP contribution is 2.27. The molecule has 0 aromatic heterocycles. The summed E-state index contributed by atoms with van der Waals surface area (Å²) in [6, 6.07) is 3.91. The van der Waals surface area contributed by atoms with Crippen molar-refractivity contribution in [2.45, 2.75) is 13.0 Å². The highest BCUT2D eigenvalue weighted by atomic mass is 19.1. The predicted octanol–water partition coefficient (Wildman–Crippen LogP) is 0.170. The van der Waals surface area contributed by atoms with E-state index in [4.69, 9.17) is 14.9 Å². The average molecular weight is 369 g/mol. The molecule has 0 aliphatic carbocycles. The van der Waals surface area contributed by atoms with Crippen molar-refractivity contribution in [3.05, 3.63) is 24.0 Å². The van der Waals surface area contributed by atoms with Gasteiger partial charge in [0.05, 0.1) is 31.1 Å². The van der Waals surface area contributed by atoms with Gasteiger partial charge in [0.15, 0.2) is 0 Å². The van der Waals surface area contributed by atoms with Crippen LogP contribution in [0.5, 0.6) is 0 Å². The van der Waals surface area contributed by atoms with Crippen molar-refractivity contribution in [1.29, 1.82) is 0 Å². The number of rotatable bonds is 8. The predicted molar refractivity (Wildman–Crippen MR) is 89.6 cm³/mol. The number of carbonyl (C=O) groups excluding carboxylic acids is 2. The normalized spacial score (nSPS) is 16.3. The molecule has 1 saturated heterocycles. The smallest absolute Gasteiger partial charge is 0.414 e. The molecule has 1 atom stereocenters. The molecule has 1 aliphatic rings. The van der Waals surface area contributed by atoms with Gasteiger partial charge in [-0.05, 0) is 18.2 Å². The molecule has 0 radical (unpaired) electrons. The molecular weight excluding hydrogens is 349 g/mol. The maximum atomic E-state index is 14.5. The highest BCUT2D eigenvalue weighted by Gasteiger charge is 2.33. The van der Waals surface area contributed by atoms with Crippen LogP contribution >= 0.6 is 0 Å². The van der Waals surface area contributed by atoms with Gasteiger partial charge in [-0.3, -0.25) is 14.5 Å². The fourth-order valence-corrected chi connectivity index (χ4v) is 2.59. The molecule has 1 fully saturated rings. The number of nitrogens with one attached hydrogen (secondary N) is 1. The number of carboxylic acids is 1. The summed E-state index contributed by atoms with van der Waals surface area (Å²) < 4.78 is 19.6. The van der Waals surface area contributed by atoms with E-state index < -0.39 is 30.5 Å². The lowest BCUT2D eigenvalue weighted by Gasteiger charge is -2.23. The number of halogens is 1. The lowest BCUT2D eigenvalue weighted by molar-refractivity contribution is -0.135. The van der Waals surface area contributed by atoms with Crippen molar-refractivity contribution in [3.8, 4) is 0 Å². The van der Waals surface area contributed by atoms with E-state index in [-0.39, 0.29) is 43.5 Å². The molecule has 1 heterocycles. The zero-order valence-electron chi connectivity index (χ0n) is 14.1. The molecular formula is C16H20FN3O6. The standard InChI is InChI=1S/C16H20FN3O6/c1-10(22)18-7-12-8-20(16(25)26-12)11-2-3-14(13(17)6-11)19(4-5-21)9-15(23)24/h2-3,6,12,21H,4-5,7-9H2,1H3,(H,18,22)(H,23,24)/t12-/m0/s1. The number of aliphatic carboxylic acids is 1. The molecule has 1 aromatic rings. The molecule has 26 heavy (non-hydrogen) atoms. The Morgan fingerprint density at radius 2 is 2.19 bits per heavy atom.